The van der Waals surface area contributed by atoms with Gasteiger partial charge in [0.2, 0.25) is 0 Å². The summed E-state index contributed by atoms with van der Waals surface area (Å²) < 4.78 is 0. The van der Waals surface area contributed by atoms with Gasteiger partial charge in [0, 0.05) is 24.4 Å². The van der Waals surface area contributed by atoms with Crippen LogP contribution in [-0.2, 0) is 4.84 Å². The summed E-state index contributed by atoms with van der Waals surface area (Å²) >= 11 is 0. The predicted octanol–water partition coefficient (Wildman–Crippen LogP) is 3.46. The normalized spacial score (nSPS) is 10.7. The van der Waals surface area contributed by atoms with Crippen LogP contribution in [0.1, 0.15) is 16.8 Å². The summed E-state index contributed by atoms with van der Waals surface area (Å²) in [6, 6.07) is 4.28. The van der Waals surface area contributed by atoms with E-state index in [2.05, 4.69) is 23.3 Å². The molecular weight excluding hydrogens is 284 g/mol. The van der Waals surface area contributed by atoms with Crippen LogP contribution in [0.15, 0.2) is 55.2 Å². The standard InChI is InChI=1S/C16H18N2O4/c1-4-6-12(5-2)9-10-17-15-8-7-13(18(21)22-3)11-14(15)16(19)20/h4-8,11H,1-2,9-10H2,3H3,(H-,17,19,20,21)/p+1/b12-6+. The molecule has 0 saturated heterocycles. The molecule has 1 rings (SSSR count). The Bertz CT molecular complexity index is 621. The zero-order valence-corrected chi connectivity index (χ0v) is 12.4. The summed E-state index contributed by atoms with van der Waals surface area (Å²) in [6.45, 7) is 7.84. The molecule has 0 aromatic heterocycles. The molecule has 2 N–H and O–H groups in total. The van der Waals surface area contributed by atoms with Crippen LogP contribution in [0, 0.1) is 4.91 Å². The molecule has 0 spiro atoms. The second-order valence-corrected chi connectivity index (χ2v) is 4.33. The van der Waals surface area contributed by atoms with E-state index in [9.17, 15) is 14.8 Å². The number of hydrogen-bond acceptors (Lipinski definition) is 4. The maximum absolute atomic E-state index is 11.4. The van der Waals surface area contributed by atoms with Crippen molar-refractivity contribution in [2.45, 2.75) is 6.42 Å². The molecule has 0 unspecified atom stereocenters. The lowest BCUT2D eigenvalue weighted by molar-refractivity contribution is -0.736. The van der Waals surface area contributed by atoms with E-state index < -0.39 is 5.97 Å². The number of hydrogen-bond donors (Lipinski definition) is 2. The van der Waals surface area contributed by atoms with Crippen molar-refractivity contribution in [2.75, 3.05) is 19.0 Å². The highest BCUT2D eigenvalue weighted by atomic mass is 16.8. The monoisotopic (exact) mass is 303 g/mol. The number of carboxylic acids is 1. The number of carboxylic acid groups (broad SMARTS) is 1. The number of aromatic carboxylic acids is 1. The first kappa shape index (κ1) is 17.2. The fourth-order valence-electron chi connectivity index (χ4n) is 1.83. The minimum absolute atomic E-state index is 0.00301. The molecule has 6 heteroatoms. The Labute approximate surface area is 128 Å². The summed E-state index contributed by atoms with van der Waals surface area (Å²) in [7, 11) is 1.21. The molecule has 0 radical (unpaired) electrons. The van der Waals surface area contributed by atoms with Crippen LogP contribution in [-0.4, -0.2) is 29.7 Å². The Hall–Kier alpha value is -2.89. The zero-order valence-electron chi connectivity index (χ0n) is 12.4. The van der Waals surface area contributed by atoms with Gasteiger partial charge < -0.3 is 10.4 Å². The van der Waals surface area contributed by atoms with Gasteiger partial charge in [0.05, 0.1) is 10.5 Å². The molecular formula is C16H19N2O4+. The van der Waals surface area contributed by atoms with Gasteiger partial charge in [0.1, 0.15) is 0 Å². The summed E-state index contributed by atoms with van der Waals surface area (Å²) in [5, 5.41) is 12.3. The van der Waals surface area contributed by atoms with Gasteiger partial charge in [0.25, 0.3) is 4.92 Å². The smallest absolute Gasteiger partial charge is 0.338 e. The molecule has 0 aliphatic rings. The first-order chi connectivity index (χ1) is 10.5. The van der Waals surface area contributed by atoms with Crippen LogP contribution in [0.5, 0.6) is 0 Å². The predicted molar refractivity (Wildman–Crippen MR) is 85.3 cm³/mol. The Morgan fingerprint density at radius 1 is 1.45 bits per heavy atom. The second kappa shape index (κ2) is 8.41. The fraction of sp³-hybridized carbons (Fsp3) is 0.188. The number of carbonyl (C=O) groups is 1. The van der Waals surface area contributed by atoms with Crippen LogP contribution >= 0.6 is 0 Å². The third kappa shape index (κ3) is 4.59. The molecule has 0 bridgehead atoms. The minimum atomic E-state index is -1.13. The van der Waals surface area contributed by atoms with Gasteiger partial charge in [0.15, 0.2) is 7.11 Å². The molecule has 0 fully saturated rings. The van der Waals surface area contributed by atoms with Gasteiger partial charge in [-0.1, -0.05) is 31.4 Å². The molecule has 22 heavy (non-hydrogen) atoms. The average Bonchev–Trinajstić information content (AvgIpc) is 2.53. The van der Waals surface area contributed by atoms with E-state index in [1.165, 1.54) is 25.3 Å². The zero-order chi connectivity index (χ0) is 16.5. The maximum atomic E-state index is 11.4. The second-order valence-electron chi connectivity index (χ2n) is 4.33. The van der Waals surface area contributed by atoms with E-state index >= 15 is 0 Å². The lowest BCUT2D eigenvalue weighted by Gasteiger charge is -2.09. The van der Waals surface area contributed by atoms with Gasteiger partial charge in [-0.25, -0.2) is 9.63 Å². The van der Waals surface area contributed by atoms with Crippen molar-refractivity contribution in [2.24, 2.45) is 0 Å². The van der Waals surface area contributed by atoms with Crippen molar-refractivity contribution < 1.29 is 19.7 Å². The molecule has 0 saturated carbocycles. The van der Waals surface area contributed by atoms with Gasteiger partial charge in [-0.3, -0.25) is 0 Å². The largest absolute Gasteiger partial charge is 0.478 e. The molecule has 116 valence electrons. The van der Waals surface area contributed by atoms with Crippen molar-refractivity contribution in [3.05, 3.63) is 65.6 Å². The van der Waals surface area contributed by atoms with Gasteiger partial charge in [-0.05, 0) is 18.1 Å². The first-order valence-corrected chi connectivity index (χ1v) is 6.60. The number of rotatable bonds is 9. The van der Waals surface area contributed by atoms with Crippen LogP contribution in [0.4, 0.5) is 11.4 Å². The van der Waals surface area contributed by atoms with E-state index in [-0.39, 0.29) is 16.2 Å². The quantitative estimate of drug-likeness (QED) is 0.539. The number of nitrogens with one attached hydrogen (secondary N) is 1. The van der Waals surface area contributed by atoms with Crippen LogP contribution in [0.25, 0.3) is 0 Å². The highest BCUT2D eigenvalue weighted by molar-refractivity contribution is 5.95. The Kier molecular flexibility index (Phi) is 6.56. The van der Waals surface area contributed by atoms with Crippen LogP contribution in [0.3, 0.4) is 0 Å². The van der Waals surface area contributed by atoms with E-state index in [0.717, 1.165) is 5.57 Å². The van der Waals surface area contributed by atoms with Crippen LogP contribution < -0.4 is 5.32 Å². The Morgan fingerprint density at radius 3 is 2.73 bits per heavy atom. The van der Waals surface area contributed by atoms with Gasteiger partial charge in [-0.15, -0.1) is 0 Å². The number of benzene rings is 1. The Balaban J connectivity index is 2.88. The van der Waals surface area contributed by atoms with Crippen molar-refractivity contribution in [3.8, 4) is 0 Å². The molecule has 1 aromatic carbocycles. The van der Waals surface area contributed by atoms with Crippen molar-refractivity contribution >= 4 is 17.3 Å². The Morgan fingerprint density at radius 2 is 2.18 bits per heavy atom. The number of nitrogens with zero attached hydrogens (tertiary/aromatic N) is 1. The summed E-state index contributed by atoms with van der Waals surface area (Å²) in [4.78, 5) is 27.4. The molecule has 0 heterocycles. The third-order valence-corrected chi connectivity index (χ3v) is 2.93. The minimum Gasteiger partial charge on any atom is -0.478 e. The highest BCUT2D eigenvalue weighted by Gasteiger charge is 2.20. The van der Waals surface area contributed by atoms with E-state index in [4.69, 9.17) is 0 Å². The van der Waals surface area contributed by atoms with E-state index in [1.54, 1.807) is 12.2 Å². The lowest BCUT2D eigenvalue weighted by atomic mass is 10.1. The van der Waals surface area contributed by atoms with E-state index in [1.807, 2.05) is 6.08 Å². The fourth-order valence-corrected chi connectivity index (χ4v) is 1.83. The highest BCUT2D eigenvalue weighted by Crippen LogP contribution is 2.22. The average molecular weight is 303 g/mol. The lowest BCUT2D eigenvalue weighted by Crippen LogP contribution is -2.09. The van der Waals surface area contributed by atoms with Gasteiger partial charge >= 0.3 is 11.7 Å². The molecule has 6 nitrogen and oxygen atoms in total. The van der Waals surface area contributed by atoms with E-state index in [0.29, 0.717) is 18.7 Å². The number of allylic oxidation sites excluding steroid dienone is 3. The van der Waals surface area contributed by atoms with Crippen molar-refractivity contribution in [3.63, 3.8) is 0 Å². The van der Waals surface area contributed by atoms with Gasteiger partial charge in [-0.2, -0.15) is 0 Å². The molecule has 0 aliphatic heterocycles. The molecule has 0 amide bonds. The van der Waals surface area contributed by atoms with Crippen molar-refractivity contribution in [1.82, 2.24) is 0 Å². The maximum Gasteiger partial charge on any atom is 0.338 e. The third-order valence-electron chi connectivity index (χ3n) is 2.93. The number of anilines is 1. The molecule has 0 atom stereocenters. The summed E-state index contributed by atoms with van der Waals surface area (Å²) in [5.74, 6) is -1.13. The first-order valence-electron chi connectivity index (χ1n) is 6.60. The summed E-state index contributed by atoms with van der Waals surface area (Å²) in [6.07, 6.45) is 5.90. The van der Waals surface area contributed by atoms with Crippen molar-refractivity contribution in [1.29, 1.82) is 0 Å². The molecule has 0 aliphatic carbocycles. The topological polar surface area (TPSA) is 78.6 Å². The van der Waals surface area contributed by atoms with Crippen LogP contribution in [0.2, 0.25) is 0 Å². The summed E-state index contributed by atoms with van der Waals surface area (Å²) in [5.41, 5.74) is 1.54. The molecule has 1 aromatic rings. The SMILES string of the molecule is C=C/C=C(\C=C)CCNc1ccc([N+](=O)OC)cc1C(=O)O.